The van der Waals surface area contributed by atoms with E-state index >= 15 is 0 Å². The molecule has 3 rings (SSSR count). The van der Waals surface area contributed by atoms with Crippen molar-refractivity contribution in [3.8, 4) is 0 Å². The van der Waals surface area contributed by atoms with Crippen LogP contribution < -0.4 is 14.8 Å². The Morgan fingerprint density at radius 1 is 1.13 bits per heavy atom. The predicted octanol–water partition coefficient (Wildman–Crippen LogP) is 2.19. The second-order valence-corrected chi connectivity index (χ2v) is 7.96. The number of nitrogens with one attached hydrogen (secondary N) is 2. The smallest absolute Gasteiger partial charge is 0.255 e. The van der Waals surface area contributed by atoms with Crippen LogP contribution in [0.1, 0.15) is 23.2 Å². The number of aromatic nitrogens is 4. The van der Waals surface area contributed by atoms with E-state index in [1.807, 2.05) is 35.1 Å². The summed E-state index contributed by atoms with van der Waals surface area (Å²) in [5.74, 6) is 1.29. The Balaban J connectivity index is 0.00000225. The first kappa shape index (κ1) is 25.7. The van der Waals surface area contributed by atoms with E-state index in [0.717, 1.165) is 34.5 Å². The highest BCUT2D eigenvalue weighted by Gasteiger charge is 2.08. The van der Waals surface area contributed by atoms with Crippen LogP contribution in [0.25, 0.3) is 0 Å². The molecule has 0 atom stereocenters. The molecule has 30 heavy (non-hydrogen) atoms. The fraction of sp³-hybridized carbons (Fsp3) is 0.263. The first-order valence-electron chi connectivity index (χ1n) is 8.80. The molecule has 3 heterocycles. The van der Waals surface area contributed by atoms with Gasteiger partial charge < -0.3 is 16.3 Å². The number of hydrogen-bond donors (Lipinski definition) is 2. The van der Waals surface area contributed by atoms with Crippen molar-refractivity contribution in [1.82, 2.24) is 19.9 Å². The Bertz CT molecular complexity index is 985. The average molecular weight is 544 g/mol. The minimum atomic E-state index is -0.141. The Morgan fingerprint density at radius 3 is 2.60 bits per heavy atom. The summed E-state index contributed by atoms with van der Waals surface area (Å²) in [6, 6.07) is 7.72. The van der Waals surface area contributed by atoms with Crippen molar-refractivity contribution in [2.75, 3.05) is 22.3 Å². The molecule has 0 bridgehead atoms. The van der Waals surface area contributed by atoms with E-state index in [1.165, 1.54) is 0 Å². The predicted molar refractivity (Wildman–Crippen MR) is 125 cm³/mol. The summed E-state index contributed by atoms with van der Waals surface area (Å²) in [5, 5.41) is 3.15. The van der Waals surface area contributed by atoms with Gasteiger partial charge in [-0.05, 0) is 53.0 Å². The molecular weight excluding hydrogens is 520 g/mol. The van der Waals surface area contributed by atoms with Gasteiger partial charge in [-0.1, -0.05) is 6.07 Å². The number of nitrogens with zero attached hydrogens (tertiary/aromatic N) is 4. The van der Waals surface area contributed by atoms with E-state index in [-0.39, 0.29) is 16.5 Å². The molecule has 3 aromatic rings. The summed E-state index contributed by atoms with van der Waals surface area (Å²) < 4.78 is 2.82. The number of rotatable bonds is 8. The monoisotopic (exact) mass is 542 g/mol. The molecule has 11 heteroatoms. The summed E-state index contributed by atoms with van der Waals surface area (Å²) in [6.45, 7) is 3.34. The van der Waals surface area contributed by atoms with Gasteiger partial charge in [0.15, 0.2) is 5.82 Å². The molecule has 0 spiro atoms. The third kappa shape index (κ3) is 7.17. The number of H-pyrrole nitrogens is 1. The molecule has 6 N–H and O–H groups in total. The third-order valence-corrected chi connectivity index (χ3v) is 5.34. The van der Waals surface area contributed by atoms with Crippen LogP contribution in [-0.4, -0.2) is 44.0 Å². The third-order valence-electron chi connectivity index (χ3n) is 4.03. The lowest BCUT2D eigenvalue weighted by Crippen LogP contribution is -2.20. The van der Waals surface area contributed by atoms with Crippen LogP contribution in [0.2, 0.25) is 0 Å². The van der Waals surface area contributed by atoms with Crippen molar-refractivity contribution < 1.29 is 11.0 Å². The standard InChI is InChI=1S/C19H20Br2N6O.2H2O/c1-13-5-6-14(11-24-13)10-15-12-25-19(26-18(15)28)23-8-3-9-27(21)17-16(20)4-2-7-22-17;;/h2,4-7,11-12H,3,8-10H2,1H3,(H2,23,25,26,28);2*1H2. The molecule has 162 valence electrons. The second kappa shape index (κ2) is 12.4. The van der Waals surface area contributed by atoms with Crippen LogP contribution >= 0.6 is 32.1 Å². The Morgan fingerprint density at radius 2 is 1.93 bits per heavy atom. The molecule has 0 amide bonds. The summed E-state index contributed by atoms with van der Waals surface area (Å²) in [7, 11) is 0. The van der Waals surface area contributed by atoms with E-state index in [4.69, 9.17) is 0 Å². The zero-order valence-corrected chi connectivity index (χ0v) is 19.5. The van der Waals surface area contributed by atoms with Gasteiger partial charge in [0, 0.05) is 49.4 Å². The van der Waals surface area contributed by atoms with Crippen LogP contribution in [0.5, 0.6) is 0 Å². The first-order chi connectivity index (χ1) is 13.5. The van der Waals surface area contributed by atoms with Crippen molar-refractivity contribution in [2.24, 2.45) is 0 Å². The SMILES string of the molecule is Cc1ccc(Cc2cnc(NCCCN(Br)c3ncccc3Br)[nH]c2=O)cn1.O.O. The number of aryl methyl sites for hydroxylation is 1. The minimum absolute atomic E-state index is 0. The van der Waals surface area contributed by atoms with Crippen LogP contribution in [0.3, 0.4) is 0 Å². The van der Waals surface area contributed by atoms with E-state index in [0.29, 0.717) is 24.5 Å². The average Bonchev–Trinajstić information content (AvgIpc) is 2.69. The zero-order chi connectivity index (χ0) is 19.9. The largest absolute Gasteiger partial charge is 0.412 e. The maximum atomic E-state index is 12.3. The first-order valence-corrected chi connectivity index (χ1v) is 10.3. The lowest BCUT2D eigenvalue weighted by molar-refractivity contribution is 0.823. The van der Waals surface area contributed by atoms with Gasteiger partial charge in [-0.3, -0.25) is 18.7 Å². The number of hydrogen-bond acceptors (Lipinski definition) is 6. The summed E-state index contributed by atoms with van der Waals surface area (Å²) in [5.41, 5.74) is 2.41. The minimum Gasteiger partial charge on any atom is -0.412 e. The fourth-order valence-electron chi connectivity index (χ4n) is 2.55. The van der Waals surface area contributed by atoms with E-state index in [9.17, 15) is 4.79 Å². The van der Waals surface area contributed by atoms with Gasteiger partial charge in [0.1, 0.15) is 0 Å². The number of halogens is 2. The highest BCUT2D eigenvalue weighted by Crippen LogP contribution is 2.25. The molecule has 0 aromatic carbocycles. The van der Waals surface area contributed by atoms with Crippen molar-refractivity contribution in [3.05, 3.63) is 74.5 Å². The topological polar surface area (TPSA) is 150 Å². The van der Waals surface area contributed by atoms with Gasteiger partial charge in [-0.15, -0.1) is 0 Å². The van der Waals surface area contributed by atoms with Gasteiger partial charge in [-0.2, -0.15) is 0 Å². The fourth-order valence-corrected chi connectivity index (χ4v) is 3.79. The van der Waals surface area contributed by atoms with Crippen molar-refractivity contribution in [3.63, 3.8) is 0 Å². The van der Waals surface area contributed by atoms with E-state index in [1.54, 1.807) is 18.6 Å². The number of aromatic amines is 1. The zero-order valence-electron chi connectivity index (χ0n) is 16.3. The maximum absolute atomic E-state index is 12.3. The number of pyridine rings is 2. The molecule has 0 unspecified atom stereocenters. The van der Waals surface area contributed by atoms with E-state index < -0.39 is 0 Å². The Labute approximate surface area is 191 Å². The molecule has 0 saturated heterocycles. The Kier molecular flexibility index (Phi) is 10.6. The molecule has 0 fully saturated rings. The lowest BCUT2D eigenvalue weighted by atomic mass is 10.1. The second-order valence-electron chi connectivity index (χ2n) is 6.25. The summed E-state index contributed by atoms with van der Waals surface area (Å²) in [6.07, 6.45) is 6.48. The van der Waals surface area contributed by atoms with Crippen molar-refractivity contribution in [2.45, 2.75) is 19.8 Å². The molecule has 3 aromatic heterocycles. The van der Waals surface area contributed by atoms with E-state index in [2.05, 4.69) is 57.3 Å². The van der Waals surface area contributed by atoms with Gasteiger partial charge in [0.25, 0.3) is 5.56 Å². The van der Waals surface area contributed by atoms with Crippen molar-refractivity contribution >= 4 is 43.8 Å². The lowest BCUT2D eigenvalue weighted by Gasteiger charge is -2.16. The maximum Gasteiger partial charge on any atom is 0.255 e. The van der Waals surface area contributed by atoms with Crippen LogP contribution in [-0.2, 0) is 6.42 Å². The van der Waals surface area contributed by atoms with Crippen LogP contribution in [0, 0.1) is 6.92 Å². The number of anilines is 2. The molecule has 0 saturated carbocycles. The highest BCUT2D eigenvalue weighted by atomic mass is 79.9. The van der Waals surface area contributed by atoms with Gasteiger partial charge >= 0.3 is 0 Å². The van der Waals surface area contributed by atoms with Crippen LogP contribution in [0.15, 0.2) is 52.1 Å². The van der Waals surface area contributed by atoms with Gasteiger partial charge in [0.2, 0.25) is 5.95 Å². The molecule has 0 aliphatic heterocycles. The van der Waals surface area contributed by atoms with Crippen LogP contribution in [0.4, 0.5) is 11.8 Å². The normalized spacial score (nSPS) is 9.97. The Hall–Kier alpha value is -2.34. The quantitative estimate of drug-likeness (QED) is 0.328. The summed E-state index contributed by atoms with van der Waals surface area (Å²) >= 11 is 7.00. The molecule has 0 aliphatic carbocycles. The summed E-state index contributed by atoms with van der Waals surface area (Å²) in [4.78, 5) is 28.0. The van der Waals surface area contributed by atoms with Gasteiger partial charge in [-0.25, -0.2) is 9.97 Å². The van der Waals surface area contributed by atoms with Gasteiger partial charge in [0.05, 0.1) is 20.6 Å². The molecular formula is C19H24Br2N6O3. The van der Waals surface area contributed by atoms with Crippen molar-refractivity contribution in [1.29, 1.82) is 0 Å². The highest BCUT2D eigenvalue weighted by molar-refractivity contribution is 9.11. The molecule has 0 aliphatic rings. The molecule has 0 radical (unpaired) electrons. The molecule has 9 nitrogen and oxygen atoms in total.